The molecule has 1 aromatic carbocycles. The van der Waals surface area contributed by atoms with Crippen molar-refractivity contribution in [1.29, 1.82) is 0 Å². The van der Waals surface area contributed by atoms with Gasteiger partial charge in [0.25, 0.3) is 5.56 Å². The van der Waals surface area contributed by atoms with Gasteiger partial charge < -0.3 is 50.5 Å². The van der Waals surface area contributed by atoms with Gasteiger partial charge in [-0.2, -0.15) is 18.2 Å². The summed E-state index contributed by atoms with van der Waals surface area (Å²) >= 11 is 6.69. The van der Waals surface area contributed by atoms with Gasteiger partial charge in [-0.3, -0.25) is 19.4 Å². The Morgan fingerprint density at radius 2 is 1.41 bits per heavy atom. The Morgan fingerprint density at radius 1 is 0.893 bits per heavy atom. The molecule has 1 heterocycles. The standard InChI is InChI=1S/C32H50ClFN6O8S.C2HF3O2/c1-24(41)38-27(23-49-28-29(39-32(35)40-31(28)43)37-22-25-6-8-26(34)9-7-25)30(42)36-11-13-45-15-17-47-19-21-48-20-18-46-16-14-44-12-5-3-2-4-10-33;3-2(4,5)1(6)7/h6-9,27H,2-5,10-23H2,1H3,(H,36,42)(H,38,41)(H4,35,37,39,40,43);(H,6,7)/t27-;/m0./s1. The minimum absolute atomic E-state index is 0.0404. The van der Waals surface area contributed by atoms with E-state index in [1.807, 2.05) is 0 Å². The Labute approximate surface area is 331 Å². The molecule has 318 valence electrons. The second-order valence-electron chi connectivity index (χ2n) is 11.4. The van der Waals surface area contributed by atoms with Crippen LogP contribution in [0, 0.1) is 5.82 Å². The Kier molecular flexibility index (Phi) is 27.3. The summed E-state index contributed by atoms with van der Waals surface area (Å²) in [6.45, 7) is 6.35. The smallest absolute Gasteiger partial charge is 0.475 e. The molecule has 7 N–H and O–H groups in total. The number of carbonyl (C=O) groups is 3. The van der Waals surface area contributed by atoms with Crippen molar-refractivity contribution in [2.75, 3.05) is 95.3 Å². The average molecular weight is 847 g/mol. The number of ether oxygens (including phenoxy) is 5. The van der Waals surface area contributed by atoms with Crippen LogP contribution < -0.4 is 27.2 Å². The minimum Gasteiger partial charge on any atom is -0.475 e. The lowest BCUT2D eigenvalue weighted by atomic mass is 10.2. The van der Waals surface area contributed by atoms with Gasteiger partial charge >= 0.3 is 12.1 Å². The fraction of sp³-hybridized carbons (Fsp3) is 0.618. The fourth-order valence-corrected chi connectivity index (χ4v) is 5.31. The van der Waals surface area contributed by atoms with Gasteiger partial charge in [0.05, 0.1) is 59.5 Å². The molecule has 0 spiro atoms. The number of aliphatic carboxylic acids is 1. The number of thioether (sulfide) groups is 1. The number of hydrogen-bond acceptors (Lipinski definition) is 13. The summed E-state index contributed by atoms with van der Waals surface area (Å²) in [5.41, 5.74) is 5.98. The third-order valence-electron chi connectivity index (χ3n) is 6.81. The number of H-pyrrole nitrogens is 1. The van der Waals surface area contributed by atoms with Gasteiger partial charge in [-0.25, -0.2) is 9.18 Å². The first-order chi connectivity index (χ1) is 26.7. The monoisotopic (exact) mass is 846 g/mol. The summed E-state index contributed by atoms with van der Waals surface area (Å²) in [6, 6.07) is 4.91. The van der Waals surface area contributed by atoms with Crippen LogP contribution in [0.15, 0.2) is 34.0 Å². The van der Waals surface area contributed by atoms with E-state index in [4.69, 9.17) is 50.9 Å². The largest absolute Gasteiger partial charge is 0.490 e. The summed E-state index contributed by atoms with van der Waals surface area (Å²) in [6.07, 6.45) is -0.712. The van der Waals surface area contributed by atoms with E-state index in [2.05, 4.69) is 25.9 Å². The summed E-state index contributed by atoms with van der Waals surface area (Å²) in [4.78, 5) is 53.0. The van der Waals surface area contributed by atoms with Crippen molar-refractivity contribution in [3.05, 3.63) is 46.0 Å². The fourth-order valence-electron chi connectivity index (χ4n) is 4.12. The topological polar surface area (TPSA) is 225 Å². The highest BCUT2D eigenvalue weighted by Gasteiger charge is 2.38. The van der Waals surface area contributed by atoms with Crippen molar-refractivity contribution in [1.82, 2.24) is 20.6 Å². The third kappa shape index (κ3) is 25.4. The first-order valence-electron chi connectivity index (χ1n) is 17.5. The number of carbonyl (C=O) groups excluding carboxylic acids is 2. The highest BCUT2D eigenvalue weighted by Crippen LogP contribution is 2.23. The van der Waals surface area contributed by atoms with Gasteiger partial charge in [-0.05, 0) is 30.5 Å². The molecule has 0 saturated carbocycles. The molecule has 2 amide bonds. The molecule has 0 saturated heterocycles. The molecule has 0 aliphatic carbocycles. The number of aromatic amines is 1. The summed E-state index contributed by atoms with van der Waals surface area (Å²) in [5, 5.41) is 15.5. The number of benzene rings is 1. The molecule has 0 radical (unpaired) electrons. The first kappa shape index (κ1) is 50.3. The molecule has 1 aromatic heterocycles. The lowest BCUT2D eigenvalue weighted by Gasteiger charge is -2.18. The van der Waals surface area contributed by atoms with Crippen LogP contribution in [0.5, 0.6) is 0 Å². The number of unbranched alkanes of at least 4 members (excludes halogenated alkanes) is 3. The second-order valence-corrected chi connectivity index (χ2v) is 12.8. The maximum atomic E-state index is 13.2. The molecule has 0 unspecified atom stereocenters. The van der Waals surface area contributed by atoms with E-state index in [0.717, 1.165) is 55.5 Å². The number of amides is 2. The molecule has 16 nitrogen and oxygen atoms in total. The van der Waals surface area contributed by atoms with Crippen LogP contribution in [0.25, 0.3) is 0 Å². The number of anilines is 2. The molecule has 0 aliphatic heterocycles. The number of halogens is 5. The van der Waals surface area contributed by atoms with E-state index >= 15 is 0 Å². The Morgan fingerprint density at radius 3 is 1.93 bits per heavy atom. The number of nitrogens with one attached hydrogen (secondary N) is 4. The lowest BCUT2D eigenvalue weighted by molar-refractivity contribution is -0.192. The van der Waals surface area contributed by atoms with E-state index in [1.54, 1.807) is 12.1 Å². The zero-order valence-electron chi connectivity index (χ0n) is 31.1. The number of nitrogens with zero attached hydrogens (tertiary/aromatic N) is 1. The molecule has 0 aliphatic rings. The molecule has 56 heavy (non-hydrogen) atoms. The van der Waals surface area contributed by atoms with Crippen LogP contribution in [0.4, 0.5) is 29.3 Å². The molecule has 2 rings (SSSR count). The van der Waals surface area contributed by atoms with E-state index < -0.39 is 35.6 Å². The van der Waals surface area contributed by atoms with Gasteiger partial charge in [-0.15, -0.1) is 23.4 Å². The van der Waals surface area contributed by atoms with Gasteiger partial charge in [0.2, 0.25) is 17.8 Å². The summed E-state index contributed by atoms with van der Waals surface area (Å²) in [7, 11) is 0. The SMILES string of the molecule is CC(=O)N[C@@H](CSc1c(NCc2ccc(F)cc2)nc(N)[nH]c1=O)C(=O)NCCOCCOCCOCCOCCOCCCCCCCl.O=C(O)C(F)(F)F. The Bertz CT molecular complexity index is 1460. The van der Waals surface area contributed by atoms with Crippen LogP contribution in [-0.4, -0.2) is 129 Å². The van der Waals surface area contributed by atoms with E-state index in [9.17, 15) is 31.9 Å². The van der Waals surface area contributed by atoms with Crippen LogP contribution >= 0.6 is 23.4 Å². The normalized spacial score (nSPS) is 11.7. The predicted octanol–water partition coefficient (Wildman–Crippen LogP) is 3.33. The number of nitrogen functional groups attached to an aromatic ring is 1. The number of alkyl halides is 4. The van der Waals surface area contributed by atoms with E-state index in [1.165, 1.54) is 19.1 Å². The quantitative estimate of drug-likeness (QED) is 0.0299. The third-order valence-corrected chi connectivity index (χ3v) is 8.24. The number of nitrogens with two attached hydrogens (primary N) is 1. The van der Waals surface area contributed by atoms with Gasteiger partial charge in [0, 0.05) is 38.3 Å². The Hall–Kier alpha value is -3.73. The maximum Gasteiger partial charge on any atom is 0.490 e. The number of aromatic nitrogens is 2. The van der Waals surface area contributed by atoms with Crippen molar-refractivity contribution < 1.29 is 60.7 Å². The number of carboxylic acid groups (broad SMARTS) is 1. The molecule has 0 bridgehead atoms. The van der Waals surface area contributed by atoms with Gasteiger partial charge in [-0.1, -0.05) is 25.0 Å². The number of hydrogen-bond donors (Lipinski definition) is 6. The van der Waals surface area contributed by atoms with Crippen molar-refractivity contribution in [2.45, 2.75) is 56.3 Å². The summed E-state index contributed by atoms with van der Waals surface area (Å²) in [5.74, 6) is -3.11. The van der Waals surface area contributed by atoms with Crippen molar-refractivity contribution in [2.24, 2.45) is 0 Å². The minimum atomic E-state index is -5.08. The number of carboxylic acids is 1. The maximum absolute atomic E-state index is 13.2. The second kappa shape index (κ2) is 30.4. The van der Waals surface area contributed by atoms with Crippen LogP contribution in [0.3, 0.4) is 0 Å². The van der Waals surface area contributed by atoms with Crippen molar-refractivity contribution in [3.63, 3.8) is 0 Å². The molecule has 1 atom stereocenters. The zero-order valence-corrected chi connectivity index (χ0v) is 32.6. The van der Waals surface area contributed by atoms with Crippen molar-refractivity contribution in [3.8, 4) is 0 Å². The van der Waals surface area contributed by atoms with E-state index in [-0.39, 0.29) is 47.9 Å². The highest BCUT2D eigenvalue weighted by molar-refractivity contribution is 7.99. The van der Waals surface area contributed by atoms with Crippen LogP contribution in [-0.2, 0) is 44.6 Å². The lowest BCUT2D eigenvalue weighted by Crippen LogP contribution is -2.48. The highest BCUT2D eigenvalue weighted by atomic mass is 35.5. The summed E-state index contributed by atoms with van der Waals surface area (Å²) < 4.78 is 72.4. The van der Waals surface area contributed by atoms with Crippen LogP contribution in [0.2, 0.25) is 0 Å². The first-order valence-corrected chi connectivity index (χ1v) is 19.1. The number of rotatable bonds is 29. The van der Waals surface area contributed by atoms with Gasteiger partial charge in [0.15, 0.2) is 0 Å². The van der Waals surface area contributed by atoms with E-state index in [0.29, 0.717) is 52.9 Å². The Balaban J connectivity index is 0.00000203. The average Bonchev–Trinajstić information content (AvgIpc) is 3.13. The predicted molar refractivity (Wildman–Crippen MR) is 201 cm³/mol. The zero-order chi connectivity index (χ0) is 41.6. The molecule has 2 aromatic rings. The van der Waals surface area contributed by atoms with Crippen LogP contribution in [0.1, 0.15) is 38.2 Å². The molecule has 22 heteroatoms. The molecular formula is C34H51ClF4N6O10S. The molecular weight excluding hydrogens is 796 g/mol. The van der Waals surface area contributed by atoms with Gasteiger partial charge in [0.1, 0.15) is 22.6 Å². The molecule has 0 fully saturated rings. The van der Waals surface area contributed by atoms with Crippen molar-refractivity contribution >= 4 is 52.9 Å².